The standard InChI is InChI=1S/C22H31N3O3S/c1-4-14-29(27,28)24-19-12-10-18(11-13-19)23-22(26)21-15-16(2)25(17(21)3)20-8-6-5-7-9-20/h10-13,15,20,24H,4-9,14H2,1-3H3,(H,23,26). The Labute approximate surface area is 173 Å². The van der Waals surface area contributed by atoms with Gasteiger partial charge in [0.15, 0.2) is 0 Å². The van der Waals surface area contributed by atoms with Crippen LogP contribution in [0.25, 0.3) is 0 Å². The highest BCUT2D eigenvalue weighted by Crippen LogP contribution is 2.32. The highest BCUT2D eigenvalue weighted by atomic mass is 32.2. The molecular weight excluding hydrogens is 386 g/mol. The van der Waals surface area contributed by atoms with Crippen LogP contribution in [0.4, 0.5) is 11.4 Å². The van der Waals surface area contributed by atoms with E-state index >= 15 is 0 Å². The molecule has 7 heteroatoms. The summed E-state index contributed by atoms with van der Waals surface area (Å²) < 4.78 is 28.6. The Balaban J connectivity index is 1.70. The maximum Gasteiger partial charge on any atom is 0.257 e. The normalized spacial score (nSPS) is 15.3. The Morgan fingerprint density at radius 3 is 2.31 bits per heavy atom. The van der Waals surface area contributed by atoms with Gasteiger partial charge in [0.2, 0.25) is 10.0 Å². The highest BCUT2D eigenvalue weighted by Gasteiger charge is 2.22. The van der Waals surface area contributed by atoms with E-state index in [1.54, 1.807) is 24.3 Å². The van der Waals surface area contributed by atoms with Gasteiger partial charge in [0.1, 0.15) is 0 Å². The predicted molar refractivity (Wildman–Crippen MR) is 118 cm³/mol. The summed E-state index contributed by atoms with van der Waals surface area (Å²) in [7, 11) is -3.32. The number of hydrogen-bond acceptors (Lipinski definition) is 3. The van der Waals surface area contributed by atoms with E-state index < -0.39 is 10.0 Å². The van der Waals surface area contributed by atoms with Crippen LogP contribution in [0.3, 0.4) is 0 Å². The summed E-state index contributed by atoms with van der Waals surface area (Å²) in [5.74, 6) is -0.0540. The number of aryl methyl sites for hydroxylation is 1. The molecule has 1 amide bonds. The molecule has 1 fully saturated rings. The van der Waals surface area contributed by atoms with Gasteiger partial charge < -0.3 is 9.88 Å². The van der Waals surface area contributed by atoms with Gasteiger partial charge in [-0.3, -0.25) is 9.52 Å². The molecule has 158 valence electrons. The first kappa shape index (κ1) is 21.4. The van der Waals surface area contributed by atoms with E-state index in [1.165, 1.54) is 32.1 Å². The molecule has 2 aromatic rings. The van der Waals surface area contributed by atoms with Gasteiger partial charge in [0, 0.05) is 28.8 Å². The van der Waals surface area contributed by atoms with Gasteiger partial charge in [0.05, 0.1) is 11.3 Å². The monoisotopic (exact) mass is 417 g/mol. The van der Waals surface area contributed by atoms with Gasteiger partial charge in [-0.05, 0) is 63.4 Å². The van der Waals surface area contributed by atoms with Gasteiger partial charge in [-0.15, -0.1) is 0 Å². The molecule has 1 aromatic heterocycles. The quantitative estimate of drug-likeness (QED) is 0.664. The summed E-state index contributed by atoms with van der Waals surface area (Å²) in [6.45, 7) is 5.90. The molecule has 0 spiro atoms. The number of nitrogens with zero attached hydrogens (tertiary/aromatic N) is 1. The number of nitrogens with one attached hydrogen (secondary N) is 2. The summed E-state index contributed by atoms with van der Waals surface area (Å²) in [6.07, 6.45) is 6.70. The van der Waals surface area contributed by atoms with Crippen molar-refractivity contribution < 1.29 is 13.2 Å². The third-order valence-electron chi connectivity index (χ3n) is 5.56. The number of carbonyl (C=O) groups excluding carboxylic acids is 1. The zero-order chi connectivity index (χ0) is 21.0. The minimum absolute atomic E-state index is 0.0854. The molecule has 0 bridgehead atoms. The van der Waals surface area contributed by atoms with E-state index in [4.69, 9.17) is 0 Å². The van der Waals surface area contributed by atoms with E-state index in [0.717, 1.165) is 11.4 Å². The molecule has 1 aliphatic rings. The second-order valence-corrected chi connectivity index (χ2v) is 9.74. The molecule has 0 saturated heterocycles. The zero-order valence-corrected chi connectivity index (χ0v) is 18.3. The Morgan fingerprint density at radius 2 is 1.69 bits per heavy atom. The summed E-state index contributed by atoms with van der Waals surface area (Å²) >= 11 is 0. The lowest BCUT2D eigenvalue weighted by molar-refractivity contribution is 0.102. The van der Waals surface area contributed by atoms with Gasteiger partial charge in [-0.1, -0.05) is 26.2 Å². The molecule has 0 radical (unpaired) electrons. The molecule has 1 aliphatic carbocycles. The van der Waals surface area contributed by atoms with Gasteiger partial charge in [-0.25, -0.2) is 8.42 Å². The fourth-order valence-corrected chi connectivity index (χ4v) is 5.36. The number of rotatable bonds is 7. The summed E-state index contributed by atoms with van der Waals surface area (Å²) in [5.41, 5.74) is 3.96. The van der Waals surface area contributed by atoms with Crippen LogP contribution in [0.1, 0.15) is 73.2 Å². The van der Waals surface area contributed by atoms with E-state index in [0.29, 0.717) is 29.4 Å². The van der Waals surface area contributed by atoms with E-state index in [9.17, 15) is 13.2 Å². The lowest BCUT2D eigenvalue weighted by Crippen LogP contribution is -2.17. The van der Waals surface area contributed by atoms with Crippen LogP contribution >= 0.6 is 0 Å². The number of benzene rings is 1. The molecular formula is C22H31N3O3S. The molecule has 0 atom stereocenters. The van der Waals surface area contributed by atoms with Crippen molar-refractivity contribution in [3.63, 3.8) is 0 Å². The second kappa shape index (κ2) is 9.03. The molecule has 1 aromatic carbocycles. The summed E-state index contributed by atoms with van der Waals surface area (Å²) in [6, 6.07) is 9.19. The van der Waals surface area contributed by atoms with Crippen molar-refractivity contribution in [3.05, 3.63) is 47.3 Å². The minimum Gasteiger partial charge on any atom is -0.345 e. The fraction of sp³-hybridized carbons (Fsp3) is 0.500. The number of amides is 1. The SMILES string of the molecule is CCCS(=O)(=O)Nc1ccc(NC(=O)c2cc(C)n(C3CCCCC3)c2C)cc1. The van der Waals surface area contributed by atoms with Crippen LogP contribution in [0.5, 0.6) is 0 Å². The summed E-state index contributed by atoms with van der Waals surface area (Å²) in [4.78, 5) is 12.8. The van der Waals surface area contributed by atoms with Crippen molar-refractivity contribution in [1.82, 2.24) is 4.57 Å². The fourth-order valence-electron chi connectivity index (χ4n) is 4.23. The Bertz CT molecular complexity index is 956. The minimum atomic E-state index is -3.32. The average molecular weight is 418 g/mol. The average Bonchev–Trinajstić information content (AvgIpc) is 2.98. The molecule has 3 rings (SSSR count). The third-order valence-corrected chi connectivity index (χ3v) is 7.05. The van der Waals surface area contributed by atoms with Crippen molar-refractivity contribution in [1.29, 1.82) is 0 Å². The second-order valence-electron chi connectivity index (χ2n) is 7.90. The lowest BCUT2D eigenvalue weighted by atomic mass is 9.95. The van der Waals surface area contributed by atoms with Gasteiger partial charge in [0.25, 0.3) is 5.91 Å². The van der Waals surface area contributed by atoms with Crippen LogP contribution in [0, 0.1) is 13.8 Å². The van der Waals surface area contributed by atoms with Gasteiger partial charge >= 0.3 is 0 Å². The van der Waals surface area contributed by atoms with Crippen molar-refractivity contribution in [2.45, 2.75) is 65.3 Å². The third kappa shape index (κ3) is 5.21. The maximum atomic E-state index is 12.8. The number of hydrogen-bond donors (Lipinski definition) is 2. The van der Waals surface area contributed by atoms with Crippen molar-refractivity contribution in [2.75, 3.05) is 15.8 Å². The highest BCUT2D eigenvalue weighted by molar-refractivity contribution is 7.92. The smallest absolute Gasteiger partial charge is 0.257 e. The largest absolute Gasteiger partial charge is 0.345 e. The van der Waals surface area contributed by atoms with Crippen molar-refractivity contribution in [2.24, 2.45) is 0 Å². The Morgan fingerprint density at radius 1 is 1.07 bits per heavy atom. The number of aromatic nitrogens is 1. The molecule has 1 saturated carbocycles. The first-order valence-corrected chi connectivity index (χ1v) is 12.1. The van der Waals surface area contributed by atoms with Crippen LogP contribution in [0.2, 0.25) is 0 Å². The molecule has 0 aliphatic heterocycles. The van der Waals surface area contributed by atoms with Gasteiger partial charge in [-0.2, -0.15) is 0 Å². The molecule has 1 heterocycles. The van der Waals surface area contributed by atoms with Crippen LogP contribution in [-0.2, 0) is 10.0 Å². The molecule has 0 unspecified atom stereocenters. The first-order chi connectivity index (χ1) is 13.8. The van der Waals surface area contributed by atoms with Crippen molar-refractivity contribution >= 4 is 27.3 Å². The zero-order valence-electron chi connectivity index (χ0n) is 17.5. The maximum absolute atomic E-state index is 12.8. The Kier molecular flexibility index (Phi) is 6.67. The van der Waals surface area contributed by atoms with Crippen LogP contribution in [0.15, 0.2) is 30.3 Å². The number of carbonyl (C=O) groups is 1. The van der Waals surface area contributed by atoms with E-state index in [1.807, 2.05) is 19.9 Å². The number of sulfonamides is 1. The van der Waals surface area contributed by atoms with E-state index in [2.05, 4.69) is 21.5 Å². The Hall–Kier alpha value is -2.28. The van der Waals surface area contributed by atoms with Crippen LogP contribution < -0.4 is 10.0 Å². The van der Waals surface area contributed by atoms with E-state index in [-0.39, 0.29) is 11.7 Å². The van der Waals surface area contributed by atoms with Crippen LogP contribution in [-0.4, -0.2) is 24.6 Å². The molecule has 6 nitrogen and oxygen atoms in total. The predicted octanol–water partition coefficient (Wildman–Crippen LogP) is 5.01. The first-order valence-electron chi connectivity index (χ1n) is 10.4. The van der Waals surface area contributed by atoms with Crippen molar-refractivity contribution in [3.8, 4) is 0 Å². The topological polar surface area (TPSA) is 80.2 Å². The summed E-state index contributed by atoms with van der Waals surface area (Å²) in [5, 5.41) is 2.93. The molecule has 29 heavy (non-hydrogen) atoms. The lowest BCUT2D eigenvalue weighted by Gasteiger charge is -2.26. The molecule has 2 N–H and O–H groups in total. The number of anilines is 2.